The van der Waals surface area contributed by atoms with Gasteiger partial charge in [-0.3, -0.25) is 9.59 Å². The molecule has 0 radical (unpaired) electrons. The predicted molar refractivity (Wildman–Crippen MR) is 50.7 cm³/mol. The molecular weight excluding hydrogens is 215 g/mol. The van der Waals surface area contributed by atoms with Gasteiger partial charge >= 0.3 is 5.97 Å². The van der Waals surface area contributed by atoms with Gasteiger partial charge in [0.15, 0.2) is 0 Å². The predicted octanol–water partition coefficient (Wildman–Crippen LogP) is 2.44. The number of carbonyl (C=O) groups is 2. The van der Waals surface area contributed by atoms with E-state index in [4.69, 9.17) is 27.9 Å². The molecule has 0 heterocycles. The van der Waals surface area contributed by atoms with Crippen LogP contribution in [0.2, 0.25) is 0 Å². The maximum Gasteiger partial charge on any atom is 0.307 e. The zero-order chi connectivity index (χ0) is 10.5. The zero-order valence-electron chi connectivity index (χ0n) is 7.60. The summed E-state index contributed by atoms with van der Waals surface area (Å²) in [5.74, 6) is -0.506. The summed E-state index contributed by atoms with van der Waals surface area (Å²) in [6, 6.07) is 0. The first kappa shape index (κ1) is 12.7. The lowest BCUT2D eigenvalue weighted by Crippen LogP contribution is -2.34. The summed E-state index contributed by atoms with van der Waals surface area (Å²) in [5, 5.41) is -2.55. The van der Waals surface area contributed by atoms with Crippen molar-refractivity contribution in [2.75, 3.05) is 0 Å². The van der Waals surface area contributed by atoms with Crippen molar-refractivity contribution in [1.82, 2.24) is 0 Å². The Balaban J connectivity index is 4.27. The Morgan fingerprint density at radius 2 is 1.92 bits per heavy atom. The van der Waals surface area contributed by atoms with E-state index in [2.05, 4.69) is 0 Å². The highest BCUT2D eigenvalue weighted by atomic mass is 35.5. The first-order valence-electron chi connectivity index (χ1n) is 4.07. The Hall–Kier alpha value is -0.280. The van der Waals surface area contributed by atoms with Crippen molar-refractivity contribution >= 4 is 34.4 Å². The van der Waals surface area contributed by atoms with Gasteiger partial charge in [-0.2, -0.15) is 0 Å². The average Bonchev–Trinajstić information content (AvgIpc) is 2.04. The fourth-order valence-electron chi connectivity index (χ4n) is 0.687. The van der Waals surface area contributed by atoms with Gasteiger partial charge in [0, 0.05) is 12.8 Å². The molecule has 0 aromatic carbocycles. The molecule has 0 saturated heterocycles. The van der Waals surface area contributed by atoms with Gasteiger partial charge in [-0.05, 0) is 18.0 Å². The first-order chi connectivity index (χ1) is 5.96. The van der Waals surface area contributed by atoms with Crippen LogP contribution < -0.4 is 0 Å². The normalized spacial score (nSPS) is 14.8. The van der Waals surface area contributed by atoms with E-state index in [1.54, 1.807) is 6.92 Å². The fourth-order valence-corrected chi connectivity index (χ4v) is 0.945. The molecule has 0 aliphatic carbocycles. The Kier molecular flexibility index (Phi) is 5.33. The number of halogens is 2. The molecule has 0 bridgehead atoms. The first-order valence-corrected chi connectivity index (χ1v) is 4.82. The Morgan fingerprint density at radius 3 is 2.23 bits per heavy atom. The summed E-state index contributed by atoms with van der Waals surface area (Å²) >= 11 is 10.8. The number of ether oxygens (including phenoxy) is 1. The van der Waals surface area contributed by atoms with E-state index in [-0.39, 0.29) is 12.8 Å². The van der Waals surface area contributed by atoms with Gasteiger partial charge in [0.1, 0.15) is 0 Å². The van der Waals surface area contributed by atoms with Crippen molar-refractivity contribution in [2.45, 2.75) is 38.2 Å². The van der Waals surface area contributed by atoms with Crippen molar-refractivity contribution in [3.8, 4) is 0 Å². The van der Waals surface area contributed by atoms with E-state index >= 15 is 0 Å². The molecular formula is C8H12Cl2O3. The molecule has 0 rings (SSSR count). The molecule has 0 N–H and O–H groups in total. The summed E-state index contributed by atoms with van der Waals surface area (Å²) < 4.78 is 4.73. The summed E-state index contributed by atoms with van der Waals surface area (Å²) in [6.07, 6.45) is 1.04. The van der Waals surface area contributed by atoms with Gasteiger partial charge in [0.25, 0.3) is 10.3 Å². The molecule has 3 nitrogen and oxygen atoms in total. The minimum Gasteiger partial charge on any atom is -0.434 e. The van der Waals surface area contributed by atoms with Crippen molar-refractivity contribution < 1.29 is 14.3 Å². The second-order valence-corrected chi connectivity index (χ2v) is 3.53. The van der Waals surface area contributed by atoms with E-state index in [0.717, 1.165) is 0 Å². The number of esters is 1. The second kappa shape index (κ2) is 5.45. The third-order valence-electron chi connectivity index (χ3n) is 1.48. The van der Waals surface area contributed by atoms with Gasteiger partial charge in [-0.15, -0.1) is 0 Å². The number of alkyl halides is 1. The largest absolute Gasteiger partial charge is 0.434 e. The van der Waals surface area contributed by atoms with Crippen LogP contribution in [0.15, 0.2) is 0 Å². The van der Waals surface area contributed by atoms with Gasteiger partial charge in [0.2, 0.25) is 0 Å². The maximum absolute atomic E-state index is 11.0. The Morgan fingerprint density at radius 1 is 1.38 bits per heavy atom. The van der Waals surface area contributed by atoms with E-state index in [1.165, 1.54) is 0 Å². The molecule has 0 aliphatic rings. The molecule has 0 saturated carbocycles. The van der Waals surface area contributed by atoms with Gasteiger partial charge in [0.05, 0.1) is 0 Å². The van der Waals surface area contributed by atoms with Crippen LogP contribution in [-0.4, -0.2) is 16.3 Å². The SMILES string of the molecule is CCCC(=O)OC(Cl)(CC)C(=O)Cl. The molecule has 1 atom stereocenters. The molecule has 1 unspecified atom stereocenters. The van der Waals surface area contributed by atoms with Crippen molar-refractivity contribution in [2.24, 2.45) is 0 Å². The molecule has 5 heteroatoms. The van der Waals surface area contributed by atoms with Crippen LogP contribution in [0.4, 0.5) is 0 Å². The van der Waals surface area contributed by atoms with E-state index in [1.807, 2.05) is 6.92 Å². The lowest BCUT2D eigenvalue weighted by Gasteiger charge is -2.20. The second-order valence-electron chi connectivity index (χ2n) is 2.58. The summed E-state index contributed by atoms with van der Waals surface area (Å²) in [4.78, 5) is 21.8. The van der Waals surface area contributed by atoms with Crippen molar-refractivity contribution in [3.05, 3.63) is 0 Å². The number of carbonyl (C=O) groups excluding carboxylic acids is 2. The highest BCUT2D eigenvalue weighted by molar-refractivity contribution is 6.70. The maximum atomic E-state index is 11.0. The highest BCUT2D eigenvalue weighted by Crippen LogP contribution is 2.25. The Labute approximate surface area is 87.3 Å². The lowest BCUT2D eigenvalue weighted by molar-refractivity contribution is -0.156. The summed E-state index contributed by atoms with van der Waals surface area (Å²) in [7, 11) is 0. The van der Waals surface area contributed by atoms with Crippen LogP contribution in [0, 0.1) is 0 Å². The third-order valence-corrected chi connectivity index (χ3v) is 2.40. The van der Waals surface area contributed by atoms with Crippen LogP contribution >= 0.6 is 23.2 Å². The van der Waals surface area contributed by atoms with Crippen LogP contribution in [0.5, 0.6) is 0 Å². The van der Waals surface area contributed by atoms with Crippen LogP contribution in [0.1, 0.15) is 33.1 Å². The fraction of sp³-hybridized carbons (Fsp3) is 0.750. The topological polar surface area (TPSA) is 43.4 Å². The van der Waals surface area contributed by atoms with Crippen LogP contribution in [0.3, 0.4) is 0 Å². The van der Waals surface area contributed by atoms with Crippen LogP contribution in [0.25, 0.3) is 0 Å². The average molecular weight is 227 g/mol. The van der Waals surface area contributed by atoms with E-state index in [9.17, 15) is 9.59 Å². The standard InChI is InChI=1S/C8H12Cl2O3/c1-3-5-6(11)13-8(10,4-2)7(9)12/h3-5H2,1-2H3. The molecule has 0 spiro atoms. The molecule has 76 valence electrons. The van der Waals surface area contributed by atoms with Crippen LogP contribution in [-0.2, 0) is 14.3 Å². The van der Waals surface area contributed by atoms with Gasteiger partial charge < -0.3 is 4.74 Å². The Bertz CT molecular complexity index is 206. The summed E-state index contributed by atoms with van der Waals surface area (Å²) in [6.45, 7) is 3.44. The minimum atomic E-state index is -1.69. The third kappa shape index (κ3) is 3.96. The van der Waals surface area contributed by atoms with Gasteiger partial charge in [-0.1, -0.05) is 25.4 Å². The van der Waals surface area contributed by atoms with E-state index in [0.29, 0.717) is 6.42 Å². The summed E-state index contributed by atoms with van der Waals surface area (Å²) in [5.41, 5.74) is 0. The van der Waals surface area contributed by atoms with E-state index < -0.39 is 16.3 Å². The number of hydrogen-bond acceptors (Lipinski definition) is 3. The molecule has 0 aliphatic heterocycles. The minimum absolute atomic E-state index is 0.159. The molecule has 0 aromatic heterocycles. The quantitative estimate of drug-likeness (QED) is 0.411. The van der Waals surface area contributed by atoms with Crippen molar-refractivity contribution in [3.63, 3.8) is 0 Å². The molecule has 0 fully saturated rings. The zero-order valence-corrected chi connectivity index (χ0v) is 9.11. The molecule has 0 amide bonds. The van der Waals surface area contributed by atoms with Crippen molar-refractivity contribution in [1.29, 1.82) is 0 Å². The molecule has 0 aromatic rings. The monoisotopic (exact) mass is 226 g/mol. The van der Waals surface area contributed by atoms with Gasteiger partial charge in [-0.25, -0.2) is 0 Å². The number of rotatable bonds is 5. The highest BCUT2D eigenvalue weighted by Gasteiger charge is 2.36. The lowest BCUT2D eigenvalue weighted by atomic mass is 10.3. The smallest absolute Gasteiger partial charge is 0.307 e. The number of hydrogen-bond donors (Lipinski definition) is 0. The molecule has 13 heavy (non-hydrogen) atoms.